The second kappa shape index (κ2) is 4.71. The van der Waals surface area contributed by atoms with Gasteiger partial charge in [0.05, 0.1) is 0 Å². The van der Waals surface area contributed by atoms with Gasteiger partial charge >= 0.3 is 0 Å². The van der Waals surface area contributed by atoms with Crippen molar-refractivity contribution in [3.05, 3.63) is 17.7 Å². The standard InChI is InChI=1S/C16H26N2/c1-11(2)16-10-17-12(3)18(16)15-6-4-5-13-7-8-14(13)9-15/h10-11,13-15H,4-9H2,1-3H3. The lowest BCUT2D eigenvalue weighted by Gasteiger charge is -2.37. The fourth-order valence-corrected chi connectivity index (χ4v) is 4.02. The highest BCUT2D eigenvalue weighted by atomic mass is 15.1. The van der Waals surface area contributed by atoms with Crippen LogP contribution in [0.15, 0.2) is 6.20 Å². The topological polar surface area (TPSA) is 17.8 Å². The molecule has 0 radical (unpaired) electrons. The minimum Gasteiger partial charge on any atom is -0.329 e. The summed E-state index contributed by atoms with van der Waals surface area (Å²) in [6, 6.07) is 0.722. The summed E-state index contributed by atoms with van der Waals surface area (Å²) in [7, 11) is 0. The second-order valence-electron chi connectivity index (χ2n) is 6.67. The number of aryl methyl sites for hydroxylation is 1. The maximum atomic E-state index is 4.57. The Morgan fingerprint density at radius 1 is 1.17 bits per heavy atom. The van der Waals surface area contributed by atoms with Crippen molar-refractivity contribution < 1.29 is 0 Å². The zero-order chi connectivity index (χ0) is 12.7. The normalized spacial score (nSPS) is 31.9. The summed E-state index contributed by atoms with van der Waals surface area (Å²) in [4.78, 5) is 4.57. The molecule has 0 N–H and O–H groups in total. The van der Waals surface area contributed by atoms with E-state index in [4.69, 9.17) is 0 Å². The number of fused-ring (bicyclic) bond motifs is 1. The predicted molar refractivity (Wildman–Crippen MR) is 74.8 cm³/mol. The first-order valence-corrected chi connectivity index (χ1v) is 7.70. The molecule has 0 spiro atoms. The van der Waals surface area contributed by atoms with Gasteiger partial charge in [-0.2, -0.15) is 0 Å². The number of nitrogens with zero attached hydrogens (tertiary/aromatic N) is 2. The summed E-state index contributed by atoms with van der Waals surface area (Å²) in [5, 5.41) is 0. The van der Waals surface area contributed by atoms with E-state index >= 15 is 0 Å². The minimum absolute atomic E-state index is 0.589. The molecule has 0 aromatic carbocycles. The Labute approximate surface area is 111 Å². The Morgan fingerprint density at radius 3 is 2.61 bits per heavy atom. The summed E-state index contributed by atoms with van der Waals surface area (Å²) in [5.41, 5.74) is 1.44. The van der Waals surface area contributed by atoms with Crippen LogP contribution in [0.5, 0.6) is 0 Å². The van der Waals surface area contributed by atoms with Gasteiger partial charge in [0.2, 0.25) is 0 Å². The maximum Gasteiger partial charge on any atom is 0.105 e. The lowest BCUT2D eigenvalue weighted by atomic mass is 9.70. The highest BCUT2D eigenvalue weighted by Gasteiger charge is 2.35. The van der Waals surface area contributed by atoms with E-state index in [1.165, 1.54) is 50.0 Å². The third kappa shape index (κ3) is 2.00. The smallest absolute Gasteiger partial charge is 0.105 e. The molecule has 3 rings (SSSR count). The molecule has 18 heavy (non-hydrogen) atoms. The van der Waals surface area contributed by atoms with Crippen LogP contribution in [0.4, 0.5) is 0 Å². The van der Waals surface area contributed by atoms with Crippen LogP contribution < -0.4 is 0 Å². The Hall–Kier alpha value is -0.790. The van der Waals surface area contributed by atoms with E-state index in [1.54, 1.807) is 0 Å². The lowest BCUT2D eigenvalue weighted by Crippen LogP contribution is -2.26. The van der Waals surface area contributed by atoms with Crippen molar-refractivity contribution in [1.82, 2.24) is 9.55 Å². The molecule has 3 unspecified atom stereocenters. The first kappa shape index (κ1) is 12.3. The van der Waals surface area contributed by atoms with E-state index in [0.717, 1.165) is 17.9 Å². The molecule has 1 heterocycles. The van der Waals surface area contributed by atoms with Gasteiger partial charge in [0, 0.05) is 17.9 Å². The van der Waals surface area contributed by atoms with Crippen LogP contribution in [0.25, 0.3) is 0 Å². The van der Waals surface area contributed by atoms with Gasteiger partial charge in [-0.25, -0.2) is 4.98 Å². The monoisotopic (exact) mass is 246 g/mol. The zero-order valence-corrected chi connectivity index (χ0v) is 12.0. The highest BCUT2D eigenvalue weighted by molar-refractivity contribution is 5.11. The minimum atomic E-state index is 0.589. The van der Waals surface area contributed by atoms with Gasteiger partial charge in [-0.1, -0.05) is 26.7 Å². The van der Waals surface area contributed by atoms with Crippen LogP contribution in [0.2, 0.25) is 0 Å². The van der Waals surface area contributed by atoms with Gasteiger partial charge in [0.25, 0.3) is 0 Å². The summed E-state index contributed by atoms with van der Waals surface area (Å²) in [6.07, 6.45) is 10.7. The molecule has 2 aliphatic rings. The molecular formula is C16H26N2. The SMILES string of the molecule is Cc1ncc(C(C)C)n1C1CCCC2CCC2C1. The van der Waals surface area contributed by atoms with Crippen molar-refractivity contribution in [2.45, 2.75) is 71.3 Å². The lowest BCUT2D eigenvalue weighted by molar-refractivity contribution is 0.152. The van der Waals surface area contributed by atoms with Crippen LogP contribution in [-0.2, 0) is 0 Å². The quantitative estimate of drug-likeness (QED) is 0.753. The molecule has 3 atom stereocenters. The Bertz CT molecular complexity index is 419. The van der Waals surface area contributed by atoms with E-state index in [2.05, 4.69) is 36.5 Å². The molecule has 0 bridgehead atoms. The summed E-state index contributed by atoms with van der Waals surface area (Å²) in [6.45, 7) is 6.75. The Balaban J connectivity index is 1.86. The third-order valence-corrected chi connectivity index (χ3v) is 5.23. The average Bonchev–Trinajstić information content (AvgIpc) is 2.62. The number of aromatic nitrogens is 2. The maximum absolute atomic E-state index is 4.57. The first-order valence-electron chi connectivity index (χ1n) is 7.70. The number of hydrogen-bond donors (Lipinski definition) is 0. The Morgan fingerprint density at radius 2 is 1.94 bits per heavy atom. The first-order chi connectivity index (χ1) is 8.66. The molecule has 2 heteroatoms. The summed E-state index contributed by atoms with van der Waals surface area (Å²) >= 11 is 0. The van der Waals surface area contributed by atoms with E-state index in [1.807, 2.05) is 0 Å². The van der Waals surface area contributed by atoms with Crippen molar-refractivity contribution in [3.63, 3.8) is 0 Å². The van der Waals surface area contributed by atoms with E-state index in [9.17, 15) is 0 Å². The third-order valence-electron chi connectivity index (χ3n) is 5.23. The van der Waals surface area contributed by atoms with Gasteiger partial charge in [0.15, 0.2) is 0 Å². The molecule has 100 valence electrons. The number of hydrogen-bond acceptors (Lipinski definition) is 1. The van der Waals surface area contributed by atoms with Crippen molar-refractivity contribution in [2.24, 2.45) is 11.8 Å². The Kier molecular flexibility index (Phi) is 3.21. The van der Waals surface area contributed by atoms with Crippen LogP contribution in [-0.4, -0.2) is 9.55 Å². The van der Waals surface area contributed by atoms with Crippen molar-refractivity contribution in [3.8, 4) is 0 Å². The van der Waals surface area contributed by atoms with Gasteiger partial charge in [-0.05, 0) is 50.4 Å². The number of rotatable bonds is 2. The van der Waals surface area contributed by atoms with Crippen molar-refractivity contribution in [1.29, 1.82) is 0 Å². The number of imidazole rings is 1. The van der Waals surface area contributed by atoms with E-state index in [0.29, 0.717) is 5.92 Å². The van der Waals surface area contributed by atoms with Crippen LogP contribution in [0.1, 0.15) is 75.9 Å². The van der Waals surface area contributed by atoms with Crippen molar-refractivity contribution >= 4 is 0 Å². The highest BCUT2D eigenvalue weighted by Crippen LogP contribution is 2.47. The van der Waals surface area contributed by atoms with Gasteiger partial charge in [0.1, 0.15) is 5.82 Å². The zero-order valence-electron chi connectivity index (χ0n) is 12.0. The van der Waals surface area contributed by atoms with Crippen LogP contribution in [0.3, 0.4) is 0 Å². The molecule has 0 saturated heterocycles. The average molecular weight is 246 g/mol. The van der Waals surface area contributed by atoms with Crippen molar-refractivity contribution in [2.75, 3.05) is 0 Å². The van der Waals surface area contributed by atoms with Crippen LogP contribution >= 0.6 is 0 Å². The van der Waals surface area contributed by atoms with E-state index < -0.39 is 0 Å². The predicted octanol–water partition coefficient (Wildman–Crippen LogP) is 4.46. The van der Waals surface area contributed by atoms with Crippen LogP contribution in [0, 0.1) is 18.8 Å². The van der Waals surface area contributed by atoms with Gasteiger partial charge < -0.3 is 4.57 Å². The summed E-state index contributed by atoms with van der Waals surface area (Å²) < 4.78 is 2.56. The molecular weight excluding hydrogens is 220 g/mol. The van der Waals surface area contributed by atoms with Gasteiger partial charge in [-0.3, -0.25) is 0 Å². The molecule has 2 aliphatic carbocycles. The van der Waals surface area contributed by atoms with E-state index in [-0.39, 0.29) is 0 Å². The molecule has 0 aliphatic heterocycles. The molecule has 0 amide bonds. The fourth-order valence-electron chi connectivity index (χ4n) is 4.02. The second-order valence-corrected chi connectivity index (χ2v) is 6.67. The molecule has 2 nitrogen and oxygen atoms in total. The molecule has 1 aromatic heterocycles. The molecule has 1 aromatic rings. The largest absolute Gasteiger partial charge is 0.329 e. The molecule has 2 saturated carbocycles. The fraction of sp³-hybridized carbons (Fsp3) is 0.812. The molecule has 2 fully saturated rings. The summed E-state index contributed by atoms with van der Waals surface area (Å²) in [5.74, 6) is 3.88. The van der Waals surface area contributed by atoms with Gasteiger partial charge in [-0.15, -0.1) is 0 Å².